The molecule has 0 fully saturated rings. The van der Waals surface area contributed by atoms with E-state index in [2.05, 4.69) is 20.9 Å². The zero-order chi connectivity index (χ0) is 9.68. The van der Waals surface area contributed by atoms with E-state index in [1.165, 1.54) is 6.08 Å². The molecule has 0 aliphatic rings. The Hall–Kier alpha value is -1.29. The Morgan fingerprint density at radius 2 is 2.38 bits per heavy atom. The highest BCUT2D eigenvalue weighted by Crippen LogP contribution is 2.19. The van der Waals surface area contributed by atoms with Crippen LogP contribution in [0.15, 0.2) is 36.7 Å². The van der Waals surface area contributed by atoms with Crippen LogP contribution in [0.5, 0.6) is 0 Å². The summed E-state index contributed by atoms with van der Waals surface area (Å²) in [6.07, 6.45) is 7.84. The van der Waals surface area contributed by atoms with Crippen LogP contribution < -0.4 is 0 Å². The lowest BCUT2D eigenvalue weighted by Crippen LogP contribution is -1.84. The first-order valence-corrected chi connectivity index (χ1v) is 4.39. The second-order valence-corrected chi connectivity index (χ2v) is 3.17. The molecule has 0 unspecified atom stereocenters. The van der Waals surface area contributed by atoms with E-state index in [-0.39, 0.29) is 0 Å². The molecule has 1 heterocycles. The number of carboxylic acid groups (broad SMARTS) is 1. The standard InChI is InChI=1S/C9H8BrNO2/c10-8(2-1-3-9(12)13)7-4-5-11-6-7/h1-6,11H,(H,12,13)/b3-1+,8-2+. The van der Waals surface area contributed by atoms with Gasteiger partial charge in [-0.3, -0.25) is 0 Å². The van der Waals surface area contributed by atoms with Crippen LogP contribution in [0.1, 0.15) is 5.56 Å². The Morgan fingerprint density at radius 3 is 2.92 bits per heavy atom. The number of hydrogen-bond acceptors (Lipinski definition) is 1. The third-order valence-corrected chi connectivity index (χ3v) is 2.08. The van der Waals surface area contributed by atoms with Gasteiger partial charge >= 0.3 is 5.97 Å². The molecule has 13 heavy (non-hydrogen) atoms. The van der Waals surface area contributed by atoms with Crippen molar-refractivity contribution >= 4 is 26.4 Å². The van der Waals surface area contributed by atoms with Gasteiger partial charge in [-0.15, -0.1) is 0 Å². The quantitative estimate of drug-likeness (QED) is 0.631. The van der Waals surface area contributed by atoms with Crippen molar-refractivity contribution in [3.8, 4) is 0 Å². The van der Waals surface area contributed by atoms with Gasteiger partial charge in [-0.1, -0.05) is 22.0 Å². The lowest BCUT2D eigenvalue weighted by Gasteiger charge is -1.89. The van der Waals surface area contributed by atoms with Gasteiger partial charge in [-0.2, -0.15) is 0 Å². The van der Waals surface area contributed by atoms with E-state index in [9.17, 15) is 4.79 Å². The second-order valence-electron chi connectivity index (χ2n) is 2.31. The number of hydrogen-bond donors (Lipinski definition) is 2. The number of halogens is 1. The summed E-state index contributed by atoms with van der Waals surface area (Å²) in [5.74, 6) is -0.953. The predicted molar refractivity (Wildman–Crippen MR) is 54.5 cm³/mol. The second kappa shape index (κ2) is 4.67. The van der Waals surface area contributed by atoms with Crippen molar-refractivity contribution in [2.24, 2.45) is 0 Å². The van der Waals surface area contributed by atoms with Crippen molar-refractivity contribution in [3.05, 3.63) is 42.3 Å². The first-order valence-electron chi connectivity index (χ1n) is 3.60. The Balaban J connectivity index is 2.68. The largest absolute Gasteiger partial charge is 0.478 e. The first-order chi connectivity index (χ1) is 6.20. The average Bonchev–Trinajstić information content (AvgIpc) is 2.55. The van der Waals surface area contributed by atoms with Crippen molar-refractivity contribution in [2.75, 3.05) is 0 Å². The molecule has 0 amide bonds. The van der Waals surface area contributed by atoms with Crippen LogP contribution in [-0.2, 0) is 4.79 Å². The van der Waals surface area contributed by atoms with Crippen LogP contribution in [0, 0.1) is 0 Å². The molecule has 1 rings (SSSR count). The van der Waals surface area contributed by atoms with Crippen molar-refractivity contribution in [3.63, 3.8) is 0 Å². The van der Waals surface area contributed by atoms with Gasteiger partial charge in [0, 0.05) is 28.5 Å². The van der Waals surface area contributed by atoms with Crippen LogP contribution in [0.4, 0.5) is 0 Å². The van der Waals surface area contributed by atoms with Gasteiger partial charge in [0.2, 0.25) is 0 Å². The van der Waals surface area contributed by atoms with Crippen molar-refractivity contribution in [1.82, 2.24) is 4.98 Å². The summed E-state index contributed by atoms with van der Waals surface area (Å²) in [5, 5.41) is 8.32. The molecule has 0 aliphatic heterocycles. The van der Waals surface area contributed by atoms with E-state index < -0.39 is 5.97 Å². The van der Waals surface area contributed by atoms with Crippen LogP contribution >= 0.6 is 15.9 Å². The van der Waals surface area contributed by atoms with E-state index in [4.69, 9.17) is 5.11 Å². The van der Waals surface area contributed by atoms with Crippen LogP contribution in [0.2, 0.25) is 0 Å². The Kier molecular flexibility index (Phi) is 3.52. The molecule has 0 spiro atoms. The van der Waals surface area contributed by atoms with Crippen LogP contribution in [0.3, 0.4) is 0 Å². The van der Waals surface area contributed by atoms with E-state index in [1.54, 1.807) is 12.3 Å². The molecule has 1 aromatic heterocycles. The summed E-state index contributed by atoms with van der Waals surface area (Å²) < 4.78 is 0.839. The Labute approximate surface area is 83.9 Å². The highest BCUT2D eigenvalue weighted by atomic mass is 79.9. The maximum atomic E-state index is 10.1. The SMILES string of the molecule is O=C(O)/C=C/C=C(/Br)c1cc[nH]c1. The topological polar surface area (TPSA) is 53.1 Å². The maximum Gasteiger partial charge on any atom is 0.328 e. The average molecular weight is 242 g/mol. The number of nitrogens with one attached hydrogen (secondary N) is 1. The fraction of sp³-hybridized carbons (Fsp3) is 0. The molecule has 3 nitrogen and oxygen atoms in total. The zero-order valence-electron chi connectivity index (χ0n) is 6.70. The van der Waals surface area contributed by atoms with E-state index in [1.807, 2.05) is 12.3 Å². The summed E-state index contributed by atoms with van der Waals surface area (Å²) in [7, 11) is 0. The minimum absolute atomic E-state index is 0.839. The molecule has 1 aromatic rings. The molecule has 0 aromatic carbocycles. The number of aromatic amines is 1. The summed E-state index contributed by atoms with van der Waals surface area (Å²) >= 11 is 3.31. The van der Waals surface area contributed by atoms with Crippen molar-refractivity contribution in [1.29, 1.82) is 0 Å². The zero-order valence-corrected chi connectivity index (χ0v) is 8.28. The molecular formula is C9H8BrNO2. The predicted octanol–water partition coefficient (Wildman–Crippen LogP) is 2.39. The van der Waals surface area contributed by atoms with Gasteiger partial charge in [-0.25, -0.2) is 4.79 Å². The van der Waals surface area contributed by atoms with Gasteiger partial charge in [0.25, 0.3) is 0 Å². The minimum atomic E-state index is -0.953. The number of carbonyl (C=O) groups is 1. The number of H-pyrrole nitrogens is 1. The molecule has 0 aliphatic carbocycles. The van der Waals surface area contributed by atoms with Crippen molar-refractivity contribution in [2.45, 2.75) is 0 Å². The molecule has 0 saturated heterocycles. The summed E-state index contributed by atoms with van der Waals surface area (Å²) in [6, 6.07) is 1.88. The highest BCUT2D eigenvalue weighted by Gasteiger charge is 1.94. The van der Waals surface area contributed by atoms with Crippen molar-refractivity contribution < 1.29 is 9.90 Å². The van der Waals surface area contributed by atoms with E-state index in [0.29, 0.717) is 0 Å². The third kappa shape index (κ3) is 3.29. The monoisotopic (exact) mass is 241 g/mol. The molecule has 2 N–H and O–H groups in total. The fourth-order valence-electron chi connectivity index (χ4n) is 0.784. The van der Waals surface area contributed by atoms with E-state index >= 15 is 0 Å². The van der Waals surface area contributed by atoms with Crippen LogP contribution in [0.25, 0.3) is 4.48 Å². The molecule has 0 radical (unpaired) electrons. The number of allylic oxidation sites excluding steroid dienone is 2. The van der Waals surface area contributed by atoms with Gasteiger partial charge in [-0.05, 0) is 12.1 Å². The molecule has 68 valence electrons. The van der Waals surface area contributed by atoms with Crippen LogP contribution in [-0.4, -0.2) is 16.1 Å². The van der Waals surface area contributed by atoms with Gasteiger partial charge in [0.15, 0.2) is 0 Å². The summed E-state index contributed by atoms with van der Waals surface area (Å²) in [6.45, 7) is 0. The third-order valence-electron chi connectivity index (χ3n) is 1.36. The number of carboxylic acids is 1. The molecule has 0 atom stereocenters. The summed E-state index contributed by atoms with van der Waals surface area (Å²) in [5.41, 5.74) is 0.982. The molecular weight excluding hydrogens is 234 g/mol. The summed E-state index contributed by atoms with van der Waals surface area (Å²) in [4.78, 5) is 13.0. The Morgan fingerprint density at radius 1 is 1.62 bits per heavy atom. The number of rotatable bonds is 3. The fourth-order valence-corrected chi connectivity index (χ4v) is 1.18. The van der Waals surface area contributed by atoms with Gasteiger partial charge < -0.3 is 10.1 Å². The number of aromatic nitrogens is 1. The highest BCUT2D eigenvalue weighted by molar-refractivity contribution is 9.15. The first kappa shape index (κ1) is 9.80. The van der Waals surface area contributed by atoms with Gasteiger partial charge in [0.05, 0.1) is 0 Å². The molecule has 0 bridgehead atoms. The molecule has 0 saturated carbocycles. The normalized spacial score (nSPS) is 12.2. The smallest absolute Gasteiger partial charge is 0.328 e. The number of aliphatic carboxylic acids is 1. The molecule has 4 heteroatoms. The van der Waals surface area contributed by atoms with E-state index in [0.717, 1.165) is 16.1 Å². The Bertz CT molecular complexity index is 339. The van der Waals surface area contributed by atoms with Gasteiger partial charge in [0.1, 0.15) is 0 Å². The lowest BCUT2D eigenvalue weighted by atomic mass is 10.3. The minimum Gasteiger partial charge on any atom is -0.478 e. The maximum absolute atomic E-state index is 10.1. The lowest BCUT2D eigenvalue weighted by molar-refractivity contribution is -0.131.